The number of aryl methyl sites for hydroxylation is 1. The number of hydrogen-bond donors (Lipinski definition) is 1. The summed E-state index contributed by atoms with van der Waals surface area (Å²) in [6.07, 6.45) is 3.45. The van der Waals surface area contributed by atoms with Crippen LogP contribution in [-0.2, 0) is 17.8 Å². The summed E-state index contributed by atoms with van der Waals surface area (Å²) in [5, 5.41) is 15.0. The zero-order valence-electron chi connectivity index (χ0n) is 26.9. The third-order valence-electron chi connectivity index (χ3n) is 9.81. The Hall–Kier alpha value is -4.63. The Morgan fingerprint density at radius 1 is 0.979 bits per heavy atom. The van der Waals surface area contributed by atoms with Crippen molar-refractivity contribution >= 4 is 40.5 Å². The second kappa shape index (κ2) is 12.2. The smallest absolute Gasteiger partial charge is 0.307 e. The van der Waals surface area contributed by atoms with Gasteiger partial charge in [-0.3, -0.25) is 9.59 Å². The molecule has 7 nitrogen and oxygen atoms in total. The summed E-state index contributed by atoms with van der Waals surface area (Å²) in [5.41, 5.74) is 12.0. The third-order valence-corrected chi connectivity index (χ3v) is 10.6. The normalized spacial score (nSPS) is 14.7. The SMILES string of the molecule is CSN1Cc2ccc(C(=O)N3CCC(c4noc5cc(F)ccc45)CC3)cc2-c2c(C)c(-c3ccc(C)cc3)c(CC(=O)O)c(C)c21. The number of nitrogens with zero attached hydrogens (tertiary/aromatic N) is 3. The number of aromatic nitrogens is 1. The van der Waals surface area contributed by atoms with Crippen LogP contribution in [0.3, 0.4) is 0 Å². The first-order valence-corrected chi connectivity index (χ1v) is 17.1. The zero-order chi connectivity index (χ0) is 33.0. The maximum Gasteiger partial charge on any atom is 0.307 e. The fourth-order valence-corrected chi connectivity index (χ4v) is 8.08. The number of carboxylic acid groups (broad SMARTS) is 1. The summed E-state index contributed by atoms with van der Waals surface area (Å²) in [4.78, 5) is 28.0. The molecule has 1 saturated heterocycles. The van der Waals surface area contributed by atoms with Gasteiger partial charge in [0.25, 0.3) is 5.91 Å². The molecule has 7 rings (SSSR count). The Balaban J connectivity index is 1.24. The summed E-state index contributed by atoms with van der Waals surface area (Å²) in [6.45, 7) is 7.96. The van der Waals surface area contributed by atoms with Gasteiger partial charge in [-0.05, 0) is 96.8 Å². The number of rotatable bonds is 6. The summed E-state index contributed by atoms with van der Waals surface area (Å²) in [7, 11) is 0. The van der Waals surface area contributed by atoms with E-state index in [0.717, 1.165) is 79.7 Å². The molecule has 240 valence electrons. The lowest BCUT2D eigenvalue weighted by Gasteiger charge is -2.36. The van der Waals surface area contributed by atoms with Crippen molar-refractivity contribution in [2.24, 2.45) is 0 Å². The largest absolute Gasteiger partial charge is 0.481 e. The van der Waals surface area contributed by atoms with E-state index in [-0.39, 0.29) is 24.1 Å². The summed E-state index contributed by atoms with van der Waals surface area (Å²) in [5.74, 6) is -1.10. The highest BCUT2D eigenvalue weighted by Crippen LogP contribution is 2.50. The lowest BCUT2D eigenvalue weighted by molar-refractivity contribution is -0.136. The molecule has 5 aromatic rings. The number of hydrogen-bond acceptors (Lipinski definition) is 6. The van der Waals surface area contributed by atoms with Gasteiger partial charge in [-0.15, -0.1) is 0 Å². The number of anilines is 1. The van der Waals surface area contributed by atoms with E-state index < -0.39 is 5.97 Å². The van der Waals surface area contributed by atoms with Crippen LogP contribution >= 0.6 is 11.9 Å². The van der Waals surface area contributed by atoms with Crippen molar-refractivity contribution in [3.8, 4) is 22.3 Å². The molecule has 0 radical (unpaired) electrons. The van der Waals surface area contributed by atoms with Crippen LogP contribution in [0.5, 0.6) is 0 Å². The van der Waals surface area contributed by atoms with E-state index in [9.17, 15) is 19.1 Å². The van der Waals surface area contributed by atoms with Crippen LogP contribution in [0.4, 0.5) is 10.1 Å². The molecule has 1 fully saturated rings. The van der Waals surface area contributed by atoms with Gasteiger partial charge in [0, 0.05) is 47.8 Å². The molecule has 1 N–H and O–H groups in total. The number of carbonyl (C=O) groups is 2. The van der Waals surface area contributed by atoms with Gasteiger partial charge >= 0.3 is 5.97 Å². The first kappa shape index (κ1) is 31.0. The van der Waals surface area contributed by atoms with E-state index in [2.05, 4.69) is 46.7 Å². The number of halogens is 1. The number of carboxylic acids is 1. The minimum atomic E-state index is -0.866. The molecule has 0 atom stereocenters. The first-order valence-electron chi connectivity index (χ1n) is 15.9. The highest BCUT2D eigenvalue weighted by atomic mass is 32.2. The number of amides is 1. The molecule has 3 heterocycles. The topological polar surface area (TPSA) is 86.9 Å². The first-order chi connectivity index (χ1) is 22.6. The van der Waals surface area contributed by atoms with E-state index in [1.807, 2.05) is 37.1 Å². The molecule has 0 bridgehead atoms. The Bertz CT molecular complexity index is 2050. The minimum absolute atomic E-state index is 0.0113. The lowest BCUT2D eigenvalue weighted by Crippen LogP contribution is -2.38. The second-order valence-electron chi connectivity index (χ2n) is 12.6. The maximum atomic E-state index is 14.0. The minimum Gasteiger partial charge on any atom is -0.481 e. The molecule has 9 heteroatoms. The van der Waals surface area contributed by atoms with Gasteiger partial charge in [-0.25, -0.2) is 4.39 Å². The summed E-state index contributed by atoms with van der Waals surface area (Å²) in [6, 6.07) is 18.8. The number of fused-ring (bicyclic) bond motifs is 4. The Morgan fingerprint density at radius 3 is 2.43 bits per heavy atom. The van der Waals surface area contributed by atoms with E-state index >= 15 is 0 Å². The molecule has 1 aromatic heterocycles. The van der Waals surface area contributed by atoms with Crippen LogP contribution in [0.2, 0.25) is 0 Å². The average Bonchev–Trinajstić information content (AvgIpc) is 3.49. The molecule has 1 amide bonds. The van der Waals surface area contributed by atoms with Gasteiger partial charge in [0.15, 0.2) is 5.58 Å². The Morgan fingerprint density at radius 2 is 1.72 bits per heavy atom. The van der Waals surface area contributed by atoms with Crippen molar-refractivity contribution in [3.05, 3.63) is 106 Å². The highest BCUT2D eigenvalue weighted by molar-refractivity contribution is 7.99. The van der Waals surface area contributed by atoms with E-state index in [4.69, 9.17) is 4.52 Å². The van der Waals surface area contributed by atoms with Crippen molar-refractivity contribution < 1.29 is 23.6 Å². The van der Waals surface area contributed by atoms with Crippen molar-refractivity contribution in [2.75, 3.05) is 23.7 Å². The number of carbonyl (C=O) groups excluding carboxylic acids is 1. The Labute approximate surface area is 277 Å². The average molecular weight is 650 g/mol. The predicted molar refractivity (Wildman–Crippen MR) is 184 cm³/mol. The molecule has 2 aliphatic rings. The van der Waals surface area contributed by atoms with Crippen molar-refractivity contribution in [1.82, 2.24) is 10.1 Å². The molecule has 4 aromatic carbocycles. The molecule has 0 unspecified atom stereocenters. The molecule has 2 aliphatic heterocycles. The molecule has 0 saturated carbocycles. The second-order valence-corrected chi connectivity index (χ2v) is 13.4. The van der Waals surface area contributed by atoms with Crippen LogP contribution in [0.25, 0.3) is 33.2 Å². The molecule has 0 aliphatic carbocycles. The predicted octanol–water partition coefficient (Wildman–Crippen LogP) is 8.47. The molecule has 47 heavy (non-hydrogen) atoms. The lowest BCUT2D eigenvalue weighted by atomic mass is 9.80. The van der Waals surface area contributed by atoms with Gasteiger partial charge in [0.2, 0.25) is 0 Å². The standard InChI is InChI=1S/C38H36FN3O4S/c1-21-5-7-24(8-6-21)34-23(3)35-31-17-26(9-10-27(31)20-42(47-4)37(35)22(2)30(34)19-33(43)44)38(45)41-15-13-25(14-16-41)36-29-12-11-28(39)18-32(29)46-40-36/h5-12,17-18,25H,13-16,19-20H2,1-4H3,(H,43,44). The van der Waals surface area contributed by atoms with Gasteiger partial charge in [0.1, 0.15) is 5.82 Å². The van der Waals surface area contributed by atoms with Crippen LogP contribution in [-0.4, -0.2) is 46.4 Å². The van der Waals surface area contributed by atoms with E-state index in [1.54, 1.807) is 18.0 Å². The van der Waals surface area contributed by atoms with Gasteiger partial charge in [-0.1, -0.05) is 53.0 Å². The maximum absolute atomic E-state index is 14.0. The highest BCUT2D eigenvalue weighted by Gasteiger charge is 2.32. The third kappa shape index (κ3) is 5.46. The van der Waals surface area contributed by atoms with Gasteiger partial charge < -0.3 is 18.8 Å². The molecule has 0 spiro atoms. The van der Waals surface area contributed by atoms with E-state index in [0.29, 0.717) is 30.8 Å². The number of likely N-dealkylation sites (tertiary alicyclic amines) is 1. The van der Waals surface area contributed by atoms with Crippen molar-refractivity contribution in [1.29, 1.82) is 0 Å². The van der Waals surface area contributed by atoms with Crippen LogP contribution in [0, 0.1) is 26.6 Å². The van der Waals surface area contributed by atoms with Crippen LogP contribution < -0.4 is 4.31 Å². The van der Waals surface area contributed by atoms with Gasteiger partial charge in [-0.2, -0.15) is 0 Å². The van der Waals surface area contributed by atoms with E-state index in [1.165, 1.54) is 12.1 Å². The molecular weight excluding hydrogens is 614 g/mol. The number of benzene rings is 4. The van der Waals surface area contributed by atoms with Gasteiger partial charge in [0.05, 0.1) is 24.3 Å². The summed E-state index contributed by atoms with van der Waals surface area (Å²) >= 11 is 1.62. The van der Waals surface area contributed by atoms with Crippen LogP contribution in [0.1, 0.15) is 62.6 Å². The quantitative estimate of drug-likeness (QED) is 0.185. The summed E-state index contributed by atoms with van der Waals surface area (Å²) < 4.78 is 21.3. The van der Waals surface area contributed by atoms with Crippen molar-refractivity contribution in [2.45, 2.75) is 52.5 Å². The monoisotopic (exact) mass is 649 g/mol. The van der Waals surface area contributed by atoms with Crippen LogP contribution in [0.15, 0.2) is 65.2 Å². The van der Waals surface area contributed by atoms with Crippen molar-refractivity contribution in [3.63, 3.8) is 0 Å². The fourth-order valence-electron chi connectivity index (χ4n) is 7.40. The number of aliphatic carboxylic acids is 1. The zero-order valence-corrected chi connectivity index (χ0v) is 27.7. The molecular formula is C38H36FN3O4S. The number of piperidine rings is 1. The fraction of sp³-hybridized carbons (Fsp3) is 0.289. The Kier molecular flexibility index (Phi) is 8.04.